The van der Waals surface area contributed by atoms with Gasteiger partial charge in [-0.2, -0.15) is 0 Å². The Morgan fingerprint density at radius 3 is 2.26 bits per heavy atom. The van der Waals surface area contributed by atoms with Crippen molar-refractivity contribution in [2.45, 2.75) is 19.3 Å². The van der Waals surface area contributed by atoms with Gasteiger partial charge in [-0.25, -0.2) is 13.2 Å². The Morgan fingerprint density at radius 1 is 1.16 bits per heavy atom. The highest BCUT2D eigenvalue weighted by molar-refractivity contribution is 5.94. The second-order valence-corrected chi connectivity index (χ2v) is 4.32. The van der Waals surface area contributed by atoms with E-state index < -0.39 is 28.9 Å². The standard InChI is InChI=1S/C13H17F3N2O/c1-18(6-4-2-3-5-17)13(19)12-10(15)7-9(14)8-11(12)16/h7-8H,2-6,17H2,1H3. The Bertz CT molecular complexity index is 429. The molecule has 0 heterocycles. The molecule has 0 unspecified atom stereocenters. The van der Waals surface area contributed by atoms with E-state index in [2.05, 4.69) is 0 Å². The molecule has 0 aromatic heterocycles. The van der Waals surface area contributed by atoms with Gasteiger partial charge >= 0.3 is 0 Å². The number of carbonyl (C=O) groups is 1. The van der Waals surface area contributed by atoms with Crippen LogP contribution in [0, 0.1) is 17.5 Å². The minimum absolute atomic E-state index is 0.370. The molecule has 0 bridgehead atoms. The minimum atomic E-state index is -1.18. The third kappa shape index (κ3) is 4.24. The van der Waals surface area contributed by atoms with Crippen LogP contribution in [0.25, 0.3) is 0 Å². The first-order chi connectivity index (χ1) is 8.97. The predicted octanol–water partition coefficient (Wildman–Crippen LogP) is 2.30. The van der Waals surface area contributed by atoms with E-state index in [1.54, 1.807) is 0 Å². The molecule has 6 heteroatoms. The minimum Gasteiger partial charge on any atom is -0.342 e. The van der Waals surface area contributed by atoms with Gasteiger partial charge in [-0.05, 0) is 19.4 Å². The third-order valence-corrected chi connectivity index (χ3v) is 2.77. The Labute approximate surface area is 110 Å². The molecule has 3 nitrogen and oxygen atoms in total. The van der Waals surface area contributed by atoms with Gasteiger partial charge in [0.2, 0.25) is 0 Å². The van der Waals surface area contributed by atoms with Gasteiger partial charge in [-0.15, -0.1) is 0 Å². The van der Waals surface area contributed by atoms with E-state index in [1.165, 1.54) is 11.9 Å². The predicted molar refractivity (Wildman–Crippen MR) is 66.2 cm³/mol. The van der Waals surface area contributed by atoms with E-state index in [-0.39, 0.29) is 0 Å². The van der Waals surface area contributed by atoms with Crippen LogP contribution in [0.5, 0.6) is 0 Å². The molecule has 1 rings (SSSR count). The highest BCUT2D eigenvalue weighted by Gasteiger charge is 2.21. The molecule has 1 amide bonds. The molecule has 19 heavy (non-hydrogen) atoms. The summed E-state index contributed by atoms with van der Waals surface area (Å²) in [6, 6.07) is 0.997. The first-order valence-electron chi connectivity index (χ1n) is 6.07. The number of nitrogens with two attached hydrogens (primary N) is 1. The fourth-order valence-corrected chi connectivity index (χ4v) is 1.71. The molecule has 0 aliphatic rings. The number of nitrogens with zero attached hydrogens (tertiary/aromatic N) is 1. The molecule has 106 valence electrons. The zero-order valence-corrected chi connectivity index (χ0v) is 10.8. The topological polar surface area (TPSA) is 46.3 Å². The van der Waals surface area contributed by atoms with Gasteiger partial charge in [0.25, 0.3) is 5.91 Å². The summed E-state index contributed by atoms with van der Waals surface area (Å²) in [4.78, 5) is 13.1. The summed E-state index contributed by atoms with van der Waals surface area (Å²) in [7, 11) is 1.45. The van der Waals surface area contributed by atoms with E-state index in [4.69, 9.17) is 5.73 Å². The molecule has 0 radical (unpaired) electrons. The lowest BCUT2D eigenvalue weighted by Gasteiger charge is -2.17. The molecular formula is C13H17F3N2O. The van der Waals surface area contributed by atoms with Crippen LogP contribution in [0.2, 0.25) is 0 Å². The molecule has 0 spiro atoms. The summed E-state index contributed by atoms with van der Waals surface area (Å²) < 4.78 is 39.6. The second kappa shape index (κ2) is 7.13. The van der Waals surface area contributed by atoms with Crippen LogP contribution in [0.15, 0.2) is 12.1 Å². The Morgan fingerprint density at radius 2 is 1.74 bits per heavy atom. The summed E-state index contributed by atoms with van der Waals surface area (Å²) in [5.74, 6) is -4.20. The summed E-state index contributed by atoms with van der Waals surface area (Å²) in [6.45, 7) is 0.938. The first kappa shape index (κ1) is 15.5. The Kier molecular flexibility index (Phi) is 5.82. The van der Waals surface area contributed by atoms with Gasteiger partial charge < -0.3 is 10.6 Å². The number of benzene rings is 1. The maximum Gasteiger partial charge on any atom is 0.259 e. The van der Waals surface area contributed by atoms with E-state index in [0.29, 0.717) is 31.6 Å². The molecule has 0 fully saturated rings. The number of amides is 1. The van der Waals surface area contributed by atoms with Crippen LogP contribution in [-0.2, 0) is 0 Å². The number of hydrogen-bond acceptors (Lipinski definition) is 2. The number of hydrogen-bond donors (Lipinski definition) is 1. The number of unbranched alkanes of at least 4 members (excludes halogenated alkanes) is 2. The van der Waals surface area contributed by atoms with Crippen molar-refractivity contribution in [3.05, 3.63) is 35.1 Å². The fraction of sp³-hybridized carbons (Fsp3) is 0.462. The maximum absolute atomic E-state index is 13.4. The van der Waals surface area contributed by atoms with Crippen molar-refractivity contribution in [2.75, 3.05) is 20.1 Å². The Hall–Kier alpha value is -1.56. The second-order valence-electron chi connectivity index (χ2n) is 4.32. The lowest BCUT2D eigenvalue weighted by atomic mass is 10.1. The Balaban J connectivity index is 2.72. The summed E-state index contributed by atoms with van der Waals surface area (Å²) >= 11 is 0. The van der Waals surface area contributed by atoms with Gasteiger partial charge in [-0.3, -0.25) is 4.79 Å². The van der Waals surface area contributed by atoms with Gasteiger partial charge in [0, 0.05) is 25.7 Å². The van der Waals surface area contributed by atoms with Gasteiger partial charge in [0.1, 0.15) is 23.0 Å². The zero-order chi connectivity index (χ0) is 14.4. The molecule has 0 atom stereocenters. The van der Waals surface area contributed by atoms with E-state index >= 15 is 0 Å². The molecule has 0 saturated heterocycles. The van der Waals surface area contributed by atoms with Gasteiger partial charge in [0.15, 0.2) is 0 Å². The quantitative estimate of drug-likeness (QED) is 0.809. The summed E-state index contributed by atoms with van der Waals surface area (Å²) in [5, 5.41) is 0. The molecule has 0 aliphatic carbocycles. The highest BCUT2D eigenvalue weighted by Crippen LogP contribution is 2.16. The normalized spacial score (nSPS) is 10.6. The molecular weight excluding hydrogens is 257 g/mol. The van der Waals surface area contributed by atoms with Crippen LogP contribution in [0.1, 0.15) is 29.6 Å². The van der Waals surface area contributed by atoms with Crippen molar-refractivity contribution in [3.63, 3.8) is 0 Å². The molecule has 1 aromatic carbocycles. The van der Waals surface area contributed by atoms with Crippen molar-refractivity contribution in [3.8, 4) is 0 Å². The molecule has 2 N–H and O–H groups in total. The van der Waals surface area contributed by atoms with Crippen LogP contribution in [0.3, 0.4) is 0 Å². The van der Waals surface area contributed by atoms with Crippen LogP contribution in [0.4, 0.5) is 13.2 Å². The largest absolute Gasteiger partial charge is 0.342 e. The van der Waals surface area contributed by atoms with E-state index in [0.717, 1.165) is 12.8 Å². The van der Waals surface area contributed by atoms with Crippen LogP contribution in [-0.4, -0.2) is 30.9 Å². The monoisotopic (exact) mass is 274 g/mol. The van der Waals surface area contributed by atoms with Crippen molar-refractivity contribution >= 4 is 5.91 Å². The lowest BCUT2D eigenvalue weighted by molar-refractivity contribution is 0.0783. The van der Waals surface area contributed by atoms with Crippen LogP contribution < -0.4 is 5.73 Å². The van der Waals surface area contributed by atoms with E-state index in [1.807, 2.05) is 0 Å². The molecule has 0 aliphatic heterocycles. The van der Waals surface area contributed by atoms with Gasteiger partial charge in [-0.1, -0.05) is 6.42 Å². The summed E-state index contributed by atoms with van der Waals surface area (Å²) in [5.41, 5.74) is 4.62. The van der Waals surface area contributed by atoms with E-state index in [9.17, 15) is 18.0 Å². The van der Waals surface area contributed by atoms with Crippen molar-refractivity contribution in [1.29, 1.82) is 0 Å². The first-order valence-corrected chi connectivity index (χ1v) is 6.07. The SMILES string of the molecule is CN(CCCCCN)C(=O)c1c(F)cc(F)cc1F. The highest BCUT2D eigenvalue weighted by atomic mass is 19.1. The van der Waals surface area contributed by atoms with Crippen LogP contribution >= 0.6 is 0 Å². The maximum atomic E-state index is 13.4. The molecule has 0 saturated carbocycles. The number of rotatable bonds is 6. The van der Waals surface area contributed by atoms with Crippen molar-refractivity contribution in [1.82, 2.24) is 4.90 Å². The van der Waals surface area contributed by atoms with Crippen molar-refractivity contribution < 1.29 is 18.0 Å². The van der Waals surface area contributed by atoms with Crippen molar-refractivity contribution in [2.24, 2.45) is 5.73 Å². The third-order valence-electron chi connectivity index (χ3n) is 2.77. The average molecular weight is 274 g/mol. The summed E-state index contributed by atoms with van der Waals surface area (Å²) in [6.07, 6.45) is 2.37. The van der Waals surface area contributed by atoms with Gasteiger partial charge in [0.05, 0.1) is 0 Å². The lowest BCUT2D eigenvalue weighted by Crippen LogP contribution is -2.29. The number of halogens is 3. The smallest absolute Gasteiger partial charge is 0.259 e. The average Bonchev–Trinajstić information content (AvgIpc) is 2.33. The fourth-order valence-electron chi connectivity index (χ4n) is 1.71. The zero-order valence-electron chi connectivity index (χ0n) is 10.8. The number of carbonyl (C=O) groups excluding carboxylic acids is 1. The molecule has 1 aromatic rings.